The molecule has 5 heteroatoms. The molecule has 1 aromatic carbocycles. The first kappa shape index (κ1) is 14.9. The molecule has 20 heavy (non-hydrogen) atoms. The molecule has 0 heterocycles. The molecule has 108 valence electrons. The van der Waals surface area contributed by atoms with Gasteiger partial charge < -0.3 is 10.4 Å². The van der Waals surface area contributed by atoms with Crippen LogP contribution in [0.1, 0.15) is 24.0 Å². The molecule has 1 saturated carbocycles. The van der Waals surface area contributed by atoms with Crippen molar-refractivity contribution in [3.63, 3.8) is 0 Å². The van der Waals surface area contributed by atoms with E-state index in [0.717, 1.165) is 5.75 Å². The van der Waals surface area contributed by atoms with Crippen molar-refractivity contribution in [1.29, 1.82) is 0 Å². The molecule has 0 radical (unpaired) electrons. The molecule has 4 nitrogen and oxygen atoms in total. The third-order valence-corrected chi connectivity index (χ3v) is 4.44. The second-order valence-electron chi connectivity index (χ2n) is 5.25. The summed E-state index contributed by atoms with van der Waals surface area (Å²) in [6.45, 7) is 2.05. The predicted octanol–water partition coefficient (Wildman–Crippen LogP) is 2.21. The van der Waals surface area contributed by atoms with Gasteiger partial charge in [0.1, 0.15) is 0 Å². The van der Waals surface area contributed by atoms with Crippen LogP contribution >= 0.6 is 11.8 Å². The first-order valence-corrected chi connectivity index (χ1v) is 7.85. The highest BCUT2D eigenvalue weighted by molar-refractivity contribution is 7.99. The summed E-state index contributed by atoms with van der Waals surface area (Å²) in [7, 11) is 0. The third kappa shape index (κ3) is 4.27. The van der Waals surface area contributed by atoms with Gasteiger partial charge in [0.2, 0.25) is 5.91 Å². The molecule has 0 aliphatic heterocycles. The smallest absolute Gasteiger partial charge is 0.306 e. The monoisotopic (exact) mass is 293 g/mol. The lowest BCUT2D eigenvalue weighted by atomic mass is 9.80. The zero-order valence-electron chi connectivity index (χ0n) is 11.5. The number of amides is 1. The number of carboxylic acids is 1. The van der Waals surface area contributed by atoms with Crippen LogP contribution in [-0.4, -0.2) is 28.8 Å². The molecule has 2 N–H and O–H groups in total. The van der Waals surface area contributed by atoms with Gasteiger partial charge in [-0.15, -0.1) is 11.8 Å². The Hall–Kier alpha value is -1.49. The van der Waals surface area contributed by atoms with Crippen LogP contribution in [0.25, 0.3) is 0 Å². The SMILES string of the molecule is Cc1cccc(CSCC(=O)NC2CC(C(=O)O)C2)c1. The molecule has 0 unspecified atom stereocenters. The maximum atomic E-state index is 11.7. The van der Waals surface area contributed by atoms with E-state index in [1.807, 2.05) is 6.07 Å². The van der Waals surface area contributed by atoms with E-state index < -0.39 is 5.97 Å². The summed E-state index contributed by atoms with van der Waals surface area (Å²) in [6.07, 6.45) is 1.12. The maximum absolute atomic E-state index is 11.7. The second kappa shape index (κ2) is 6.79. The molecule has 1 amide bonds. The van der Waals surface area contributed by atoms with Crippen molar-refractivity contribution < 1.29 is 14.7 Å². The molecular formula is C15H19NO3S. The van der Waals surface area contributed by atoms with E-state index in [-0.39, 0.29) is 17.9 Å². The van der Waals surface area contributed by atoms with Gasteiger partial charge in [0, 0.05) is 11.8 Å². The summed E-state index contributed by atoms with van der Waals surface area (Å²) in [4.78, 5) is 22.4. The predicted molar refractivity (Wildman–Crippen MR) is 79.6 cm³/mol. The number of carboxylic acid groups (broad SMARTS) is 1. The molecule has 1 aliphatic rings. The van der Waals surface area contributed by atoms with E-state index in [4.69, 9.17) is 5.11 Å². The molecule has 2 rings (SSSR count). The maximum Gasteiger partial charge on any atom is 0.306 e. The van der Waals surface area contributed by atoms with E-state index in [1.165, 1.54) is 11.1 Å². The fraction of sp³-hybridized carbons (Fsp3) is 0.467. The summed E-state index contributed by atoms with van der Waals surface area (Å²) >= 11 is 1.58. The Kier molecular flexibility index (Phi) is 5.06. The van der Waals surface area contributed by atoms with Crippen LogP contribution in [-0.2, 0) is 15.3 Å². The van der Waals surface area contributed by atoms with Crippen molar-refractivity contribution in [1.82, 2.24) is 5.32 Å². The van der Waals surface area contributed by atoms with Crippen LogP contribution in [0.15, 0.2) is 24.3 Å². The lowest BCUT2D eigenvalue weighted by Crippen LogP contribution is -2.47. The Bertz CT molecular complexity index is 498. The fourth-order valence-corrected chi connectivity index (χ4v) is 3.06. The number of carbonyl (C=O) groups is 2. The lowest BCUT2D eigenvalue weighted by Gasteiger charge is -2.32. The van der Waals surface area contributed by atoms with Gasteiger partial charge >= 0.3 is 5.97 Å². The topological polar surface area (TPSA) is 66.4 Å². The normalized spacial score (nSPS) is 21.1. The number of thioether (sulfide) groups is 1. The van der Waals surface area contributed by atoms with Crippen LogP contribution in [0.5, 0.6) is 0 Å². The van der Waals surface area contributed by atoms with Gasteiger partial charge in [0.05, 0.1) is 11.7 Å². The lowest BCUT2D eigenvalue weighted by molar-refractivity contribution is -0.146. The van der Waals surface area contributed by atoms with Gasteiger partial charge in [-0.1, -0.05) is 29.8 Å². The summed E-state index contributed by atoms with van der Waals surface area (Å²) in [6, 6.07) is 8.29. The van der Waals surface area contributed by atoms with E-state index in [0.29, 0.717) is 18.6 Å². The highest BCUT2D eigenvalue weighted by Gasteiger charge is 2.35. The van der Waals surface area contributed by atoms with Crippen molar-refractivity contribution >= 4 is 23.6 Å². The number of carbonyl (C=O) groups excluding carboxylic acids is 1. The quantitative estimate of drug-likeness (QED) is 0.844. The van der Waals surface area contributed by atoms with Crippen LogP contribution in [0.4, 0.5) is 0 Å². The average Bonchev–Trinajstić information content (AvgIpc) is 2.33. The minimum atomic E-state index is -0.760. The first-order valence-electron chi connectivity index (χ1n) is 6.70. The van der Waals surface area contributed by atoms with E-state index in [2.05, 4.69) is 30.4 Å². The Morgan fingerprint density at radius 1 is 1.40 bits per heavy atom. The van der Waals surface area contributed by atoms with E-state index in [9.17, 15) is 9.59 Å². The molecular weight excluding hydrogens is 274 g/mol. The molecule has 1 aromatic rings. The number of rotatable bonds is 6. The molecule has 1 aliphatic carbocycles. The van der Waals surface area contributed by atoms with Crippen LogP contribution < -0.4 is 5.32 Å². The number of aryl methyl sites for hydroxylation is 1. The zero-order chi connectivity index (χ0) is 14.5. The van der Waals surface area contributed by atoms with Crippen LogP contribution in [0, 0.1) is 12.8 Å². The van der Waals surface area contributed by atoms with E-state index in [1.54, 1.807) is 11.8 Å². The number of benzene rings is 1. The summed E-state index contributed by atoms with van der Waals surface area (Å²) in [5.41, 5.74) is 2.44. The van der Waals surface area contributed by atoms with Crippen molar-refractivity contribution in [2.24, 2.45) is 5.92 Å². The molecule has 0 spiro atoms. The number of hydrogen-bond donors (Lipinski definition) is 2. The highest BCUT2D eigenvalue weighted by Crippen LogP contribution is 2.27. The molecule has 0 atom stereocenters. The Morgan fingerprint density at radius 2 is 2.15 bits per heavy atom. The van der Waals surface area contributed by atoms with Gasteiger partial charge in [0.15, 0.2) is 0 Å². The number of hydrogen-bond acceptors (Lipinski definition) is 3. The molecule has 1 fully saturated rings. The van der Waals surface area contributed by atoms with Gasteiger partial charge in [-0.25, -0.2) is 0 Å². The van der Waals surface area contributed by atoms with Crippen LogP contribution in [0.3, 0.4) is 0 Å². The Labute approximate surface area is 123 Å². The summed E-state index contributed by atoms with van der Waals surface area (Å²) in [5, 5.41) is 11.6. The second-order valence-corrected chi connectivity index (χ2v) is 6.24. The highest BCUT2D eigenvalue weighted by atomic mass is 32.2. The van der Waals surface area contributed by atoms with Crippen molar-refractivity contribution in [2.75, 3.05) is 5.75 Å². The molecule has 0 saturated heterocycles. The van der Waals surface area contributed by atoms with Gasteiger partial charge in [0.25, 0.3) is 0 Å². The van der Waals surface area contributed by atoms with Crippen LogP contribution in [0.2, 0.25) is 0 Å². The Balaban J connectivity index is 1.63. The first-order chi connectivity index (χ1) is 9.54. The van der Waals surface area contributed by atoms with Gasteiger partial charge in [-0.3, -0.25) is 9.59 Å². The minimum Gasteiger partial charge on any atom is -0.481 e. The zero-order valence-corrected chi connectivity index (χ0v) is 12.3. The molecule has 0 aromatic heterocycles. The third-order valence-electron chi connectivity index (χ3n) is 3.44. The minimum absolute atomic E-state index is 0.00325. The Morgan fingerprint density at radius 3 is 2.80 bits per heavy atom. The largest absolute Gasteiger partial charge is 0.481 e. The van der Waals surface area contributed by atoms with Gasteiger partial charge in [-0.05, 0) is 25.3 Å². The summed E-state index contributed by atoms with van der Waals surface area (Å²) < 4.78 is 0. The number of aliphatic carboxylic acids is 1. The number of nitrogens with one attached hydrogen (secondary N) is 1. The van der Waals surface area contributed by atoms with Crippen molar-refractivity contribution in [3.05, 3.63) is 35.4 Å². The standard InChI is InChI=1S/C15H19NO3S/c1-10-3-2-4-11(5-10)8-20-9-14(17)16-13-6-12(7-13)15(18)19/h2-5,12-13H,6-9H2,1H3,(H,16,17)(H,18,19). The summed E-state index contributed by atoms with van der Waals surface area (Å²) in [5.74, 6) is 0.195. The van der Waals surface area contributed by atoms with Gasteiger partial charge in [-0.2, -0.15) is 0 Å². The average molecular weight is 293 g/mol. The van der Waals surface area contributed by atoms with Crippen molar-refractivity contribution in [3.8, 4) is 0 Å². The molecule has 0 bridgehead atoms. The van der Waals surface area contributed by atoms with E-state index >= 15 is 0 Å². The van der Waals surface area contributed by atoms with Crippen molar-refractivity contribution in [2.45, 2.75) is 31.6 Å². The fourth-order valence-electron chi connectivity index (χ4n) is 2.27.